The molecule has 0 amide bonds. The van der Waals surface area contributed by atoms with Crippen LogP contribution in [-0.2, 0) is 10.3 Å². The smallest absolute Gasteiger partial charge is 0.137 e. The van der Waals surface area contributed by atoms with E-state index in [0.29, 0.717) is 26.1 Å². The van der Waals surface area contributed by atoms with E-state index >= 15 is 0 Å². The number of hydrogen-bond donors (Lipinski definition) is 1. The molecule has 1 atom stereocenters. The first-order valence-corrected chi connectivity index (χ1v) is 6.90. The van der Waals surface area contributed by atoms with Gasteiger partial charge in [0.2, 0.25) is 0 Å². The first-order valence-electron chi connectivity index (χ1n) is 6.90. The van der Waals surface area contributed by atoms with Crippen LogP contribution in [0.2, 0.25) is 0 Å². The summed E-state index contributed by atoms with van der Waals surface area (Å²) in [6, 6.07) is 1.89. The van der Waals surface area contributed by atoms with Crippen LogP contribution in [0, 0.1) is 0 Å². The van der Waals surface area contributed by atoms with E-state index in [1.165, 1.54) is 0 Å². The van der Waals surface area contributed by atoms with Crippen molar-refractivity contribution in [3.63, 3.8) is 0 Å². The number of hydrogen-bond acceptors (Lipinski definition) is 4. The van der Waals surface area contributed by atoms with Crippen LogP contribution in [0.5, 0.6) is 5.75 Å². The zero-order valence-electron chi connectivity index (χ0n) is 12.0. The van der Waals surface area contributed by atoms with E-state index in [1.807, 2.05) is 19.9 Å². The fourth-order valence-corrected chi connectivity index (χ4v) is 2.56. The molecule has 1 unspecified atom stereocenters. The van der Waals surface area contributed by atoms with Crippen molar-refractivity contribution in [3.8, 4) is 5.75 Å². The van der Waals surface area contributed by atoms with Gasteiger partial charge in [0, 0.05) is 24.6 Å². The molecule has 0 radical (unpaired) electrons. The Bertz CT molecular complexity index is 433. The van der Waals surface area contributed by atoms with Crippen molar-refractivity contribution in [2.45, 2.75) is 51.2 Å². The van der Waals surface area contributed by atoms with E-state index in [2.05, 4.69) is 11.9 Å². The predicted octanol–water partition coefficient (Wildman–Crippen LogP) is 2.65. The van der Waals surface area contributed by atoms with Crippen LogP contribution in [0.4, 0.5) is 0 Å². The van der Waals surface area contributed by atoms with E-state index in [-0.39, 0.29) is 5.60 Å². The summed E-state index contributed by atoms with van der Waals surface area (Å²) in [5.74, 6) is 0.720. The lowest BCUT2D eigenvalue weighted by atomic mass is 9.80. The molecule has 19 heavy (non-hydrogen) atoms. The van der Waals surface area contributed by atoms with Crippen LogP contribution in [0.3, 0.4) is 0 Å². The van der Waals surface area contributed by atoms with Crippen LogP contribution in [0.25, 0.3) is 0 Å². The number of rotatable bonds is 4. The van der Waals surface area contributed by atoms with Crippen molar-refractivity contribution in [1.29, 1.82) is 0 Å². The lowest BCUT2D eigenvalue weighted by Gasteiger charge is -2.41. The molecule has 1 N–H and O–H groups in total. The fourth-order valence-electron chi connectivity index (χ4n) is 2.56. The van der Waals surface area contributed by atoms with Gasteiger partial charge in [0.25, 0.3) is 0 Å². The van der Waals surface area contributed by atoms with Gasteiger partial charge in [-0.3, -0.25) is 4.98 Å². The molecule has 1 aromatic rings. The summed E-state index contributed by atoms with van der Waals surface area (Å²) in [5, 5.41) is 10.9. The van der Waals surface area contributed by atoms with E-state index < -0.39 is 5.60 Å². The zero-order valence-corrected chi connectivity index (χ0v) is 12.0. The summed E-state index contributed by atoms with van der Waals surface area (Å²) in [7, 11) is 0. The molecule has 0 aliphatic carbocycles. The third-order valence-corrected chi connectivity index (χ3v) is 3.45. The summed E-state index contributed by atoms with van der Waals surface area (Å²) < 4.78 is 11.2. The van der Waals surface area contributed by atoms with Crippen LogP contribution >= 0.6 is 0 Å². The van der Waals surface area contributed by atoms with Crippen LogP contribution < -0.4 is 4.74 Å². The molecular weight excluding hydrogens is 242 g/mol. The predicted molar refractivity (Wildman–Crippen MR) is 73.2 cm³/mol. The van der Waals surface area contributed by atoms with Gasteiger partial charge in [-0.15, -0.1) is 0 Å². The van der Waals surface area contributed by atoms with Crippen LogP contribution in [0.15, 0.2) is 18.5 Å². The number of ether oxygens (including phenoxy) is 2. The zero-order chi connectivity index (χ0) is 13.9. The molecule has 4 heteroatoms. The van der Waals surface area contributed by atoms with Crippen molar-refractivity contribution < 1.29 is 14.6 Å². The highest BCUT2D eigenvalue weighted by molar-refractivity contribution is 5.29. The Morgan fingerprint density at radius 1 is 1.42 bits per heavy atom. The highest BCUT2D eigenvalue weighted by atomic mass is 16.5. The number of pyridine rings is 1. The minimum absolute atomic E-state index is 0.312. The highest BCUT2D eigenvalue weighted by Gasteiger charge is 2.41. The molecule has 1 aliphatic rings. The molecule has 0 saturated carbocycles. The lowest BCUT2D eigenvalue weighted by molar-refractivity contribution is -0.148. The van der Waals surface area contributed by atoms with Gasteiger partial charge in [0.15, 0.2) is 0 Å². The molecule has 1 aromatic heterocycles. The van der Waals surface area contributed by atoms with Gasteiger partial charge >= 0.3 is 0 Å². The third-order valence-electron chi connectivity index (χ3n) is 3.45. The summed E-state index contributed by atoms with van der Waals surface area (Å²) in [6.07, 6.45) is 5.52. The Kier molecular flexibility index (Phi) is 4.11. The highest BCUT2D eigenvalue weighted by Crippen LogP contribution is 2.39. The topological polar surface area (TPSA) is 51.6 Å². The van der Waals surface area contributed by atoms with Crippen molar-refractivity contribution in [2.75, 3.05) is 13.2 Å². The number of aromatic nitrogens is 1. The van der Waals surface area contributed by atoms with Gasteiger partial charge in [-0.05, 0) is 26.3 Å². The van der Waals surface area contributed by atoms with Gasteiger partial charge < -0.3 is 14.6 Å². The standard InChI is InChI=1S/C15H23NO3/c1-4-6-18-13-8-12(9-16-10-13)15(17)5-7-19-14(2,3)11-15/h8-10,17H,4-7,11H2,1-3H3. The van der Waals surface area contributed by atoms with Gasteiger partial charge in [0.1, 0.15) is 5.75 Å². The minimum atomic E-state index is -0.875. The Balaban J connectivity index is 2.20. The van der Waals surface area contributed by atoms with Crippen molar-refractivity contribution in [2.24, 2.45) is 0 Å². The number of aliphatic hydroxyl groups is 1. The average Bonchev–Trinajstić information content (AvgIpc) is 2.35. The maximum absolute atomic E-state index is 10.9. The van der Waals surface area contributed by atoms with Gasteiger partial charge in [0.05, 0.1) is 30.6 Å². The van der Waals surface area contributed by atoms with Gasteiger partial charge in [-0.2, -0.15) is 0 Å². The molecule has 1 saturated heterocycles. The van der Waals surface area contributed by atoms with E-state index in [9.17, 15) is 5.11 Å². The third kappa shape index (κ3) is 3.45. The molecular formula is C15H23NO3. The van der Waals surface area contributed by atoms with Crippen molar-refractivity contribution >= 4 is 0 Å². The molecule has 0 bridgehead atoms. The first kappa shape index (κ1) is 14.3. The molecule has 0 aromatic carbocycles. The summed E-state index contributed by atoms with van der Waals surface area (Å²) in [4.78, 5) is 4.18. The molecule has 2 heterocycles. The van der Waals surface area contributed by atoms with E-state index in [0.717, 1.165) is 17.7 Å². The van der Waals surface area contributed by atoms with Crippen molar-refractivity contribution in [3.05, 3.63) is 24.0 Å². The Labute approximate surface area is 114 Å². The van der Waals surface area contributed by atoms with Gasteiger partial charge in [-0.25, -0.2) is 0 Å². The van der Waals surface area contributed by atoms with Crippen LogP contribution in [0.1, 0.15) is 45.6 Å². The largest absolute Gasteiger partial charge is 0.492 e. The van der Waals surface area contributed by atoms with E-state index in [4.69, 9.17) is 9.47 Å². The minimum Gasteiger partial charge on any atom is -0.492 e. The quantitative estimate of drug-likeness (QED) is 0.909. The Morgan fingerprint density at radius 3 is 2.89 bits per heavy atom. The summed E-state index contributed by atoms with van der Waals surface area (Å²) in [6.45, 7) is 7.29. The molecule has 0 spiro atoms. The molecule has 106 valence electrons. The fraction of sp³-hybridized carbons (Fsp3) is 0.667. The first-order chi connectivity index (χ1) is 8.95. The van der Waals surface area contributed by atoms with Crippen LogP contribution in [-0.4, -0.2) is 28.9 Å². The van der Waals surface area contributed by atoms with Crippen molar-refractivity contribution in [1.82, 2.24) is 4.98 Å². The molecule has 4 nitrogen and oxygen atoms in total. The lowest BCUT2D eigenvalue weighted by Crippen LogP contribution is -2.43. The normalized spacial score (nSPS) is 26.1. The second-order valence-electron chi connectivity index (χ2n) is 5.82. The monoisotopic (exact) mass is 265 g/mol. The molecule has 2 rings (SSSR count). The average molecular weight is 265 g/mol. The molecule has 1 fully saturated rings. The van der Waals surface area contributed by atoms with Gasteiger partial charge in [-0.1, -0.05) is 6.92 Å². The second-order valence-corrected chi connectivity index (χ2v) is 5.82. The SMILES string of the molecule is CCCOc1cncc(C2(O)CCOC(C)(C)C2)c1. The Morgan fingerprint density at radius 2 is 2.21 bits per heavy atom. The maximum atomic E-state index is 10.9. The number of nitrogens with zero attached hydrogens (tertiary/aromatic N) is 1. The Hall–Kier alpha value is -1.13. The molecule has 1 aliphatic heterocycles. The second kappa shape index (κ2) is 5.47. The van der Waals surface area contributed by atoms with E-state index in [1.54, 1.807) is 12.4 Å². The summed E-state index contributed by atoms with van der Waals surface area (Å²) >= 11 is 0. The maximum Gasteiger partial charge on any atom is 0.137 e. The summed E-state index contributed by atoms with van der Waals surface area (Å²) in [5.41, 5.74) is -0.370.